The summed E-state index contributed by atoms with van der Waals surface area (Å²) in [7, 11) is 3.90. The number of hydrogen-bond acceptors (Lipinski definition) is 3. The Morgan fingerprint density at radius 3 is 2.45 bits per heavy atom. The summed E-state index contributed by atoms with van der Waals surface area (Å²) in [6.07, 6.45) is 0.686. The smallest absolute Gasteiger partial charge is 0.221 e. The van der Waals surface area contributed by atoms with E-state index >= 15 is 0 Å². The SMILES string of the molecule is CCN(C)CCN(C)NC=O. The number of likely N-dealkylation sites (N-methyl/N-ethyl adjacent to an activating group) is 2. The highest BCUT2D eigenvalue weighted by molar-refractivity contribution is 5.44. The predicted molar refractivity (Wildman–Crippen MR) is 45.0 cm³/mol. The van der Waals surface area contributed by atoms with Crippen LogP contribution in [0.2, 0.25) is 0 Å². The first-order valence-electron chi connectivity index (χ1n) is 3.80. The summed E-state index contributed by atoms with van der Waals surface area (Å²) >= 11 is 0. The van der Waals surface area contributed by atoms with E-state index in [1.54, 1.807) is 5.01 Å². The molecule has 0 spiro atoms. The maximum absolute atomic E-state index is 9.96. The molecule has 0 atom stereocenters. The maximum atomic E-state index is 9.96. The van der Waals surface area contributed by atoms with Gasteiger partial charge in [0, 0.05) is 20.1 Å². The highest BCUT2D eigenvalue weighted by Crippen LogP contribution is 1.81. The molecule has 0 aliphatic heterocycles. The molecule has 0 saturated heterocycles. The Labute approximate surface area is 68.1 Å². The molecule has 66 valence electrons. The average molecular weight is 159 g/mol. The largest absolute Gasteiger partial charge is 0.305 e. The molecular weight excluding hydrogens is 142 g/mol. The number of hydrazine groups is 1. The predicted octanol–water partition coefficient (Wildman–Crippen LogP) is -0.469. The van der Waals surface area contributed by atoms with E-state index in [0.717, 1.165) is 19.6 Å². The first-order chi connectivity index (χ1) is 5.20. The minimum Gasteiger partial charge on any atom is -0.305 e. The Balaban J connectivity index is 3.29. The van der Waals surface area contributed by atoms with Gasteiger partial charge in [-0.05, 0) is 13.6 Å². The third-order valence-electron chi connectivity index (χ3n) is 1.63. The summed E-state index contributed by atoms with van der Waals surface area (Å²) in [6, 6.07) is 0. The van der Waals surface area contributed by atoms with Gasteiger partial charge in [0.2, 0.25) is 6.41 Å². The zero-order valence-electron chi connectivity index (χ0n) is 7.50. The lowest BCUT2D eigenvalue weighted by atomic mass is 10.5. The fourth-order valence-corrected chi connectivity index (χ4v) is 0.633. The summed E-state index contributed by atoms with van der Waals surface area (Å²) in [4.78, 5) is 12.1. The molecule has 1 N–H and O–H groups in total. The third-order valence-corrected chi connectivity index (χ3v) is 1.63. The van der Waals surface area contributed by atoms with Crippen LogP contribution >= 0.6 is 0 Å². The fraction of sp³-hybridized carbons (Fsp3) is 0.857. The van der Waals surface area contributed by atoms with E-state index in [9.17, 15) is 4.79 Å². The minimum atomic E-state index is 0.686. The van der Waals surface area contributed by atoms with Crippen LogP contribution in [0.4, 0.5) is 0 Å². The van der Waals surface area contributed by atoms with Gasteiger partial charge in [-0.2, -0.15) is 0 Å². The van der Waals surface area contributed by atoms with Gasteiger partial charge in [0.15, 0.2) is 0 Å². The van der Waals surface area contributed by atoms with Crippen molar-refractivity contribution in [1.82, 2.24) is 15.3 Å². The zero-order valence-corrected chi connectivity index (χ0v) is 7.50. The van der Waals surface area contributed by atoms with Crippen molar-refractivity contribution in [1.29, 1.82) is 0 Å². The second kappa shape index (κ2) is 6.12. The molecular formula is C7H17N3O. The van der Waals surface area contributed by atoms with Crippen molar-refractivity contribution in [2.75, 3.05) is 33.7 Å². The van der Waals surface area contributed by atoms with Crippen molar-refractivity contribution in [3.05, 3.63) is 0 Å². The molecule has 4 nitrogen and oxygen atoms in total. The Kier molecular flexibility index (Phi) is 5.78. The van der Waals surface area contributed by atoms with E-state index in [1.165, 1.54) is 0 Å². The molecule has 0 aromatic carbocycles. The first-order valence-corrected chi connectivity index (χ1v) is 3.80. The molecule has 0 radical (unpaired) electrons. The Morgan fingerprint density at radius 2 is 2.00 bits per heavy atom. The lowest BCUT2D eigenvalue weighted by molar-refractivity contribution is -0.113. The molecule has 0 aliphatic rings. The fourth-order valence-electron chi connectivity index (χ4n) is 0.633. The second-order valence-electron chi connectivity index (χ2n) is 2.56. The van der Waals surface area contributed by atoms with E-state index in [4.69, 9.17) is 0 Å². The summed E-state index contributed by atoms with van der Waals surface area (Å²) < 4.78 is 0. The van der Waals surface area contributed by atoms with Crippen molar-refractivity contribution in [2.45, 2.75) is 6.92 Å². The summed E-state index contributed by atoms with van der Waals surface area (Å²) in [6.45, 7) is 4.96. The van der Waals surface area contributed by atoms with Gasteiger partial charge in [0.1, 0.15) is 0 Å². The highest BCUT2D eigenvalue weighted by Gasteiger charge is 1.97. The average Bonchev–Trinajstić information content (AvgIpc) is 2.01. The monoisotopic (exact) mass is 159 g/mol. The van der Waals surface area contributed by atoms with E-state index in [-0.39, 0.29) is 0 Å². The van der Waals surface area contributed by atoms with Crippen LogP contribution in [-0.2, 0) is 4.79 Å². The molecule has 1 amide bonds. The summed E-state index contributed by atoms with van der Waals surface area (Å²) in [5.41, 5.74) is 2.55. The lowest BCUT2D eigenvalue weighted by Crippen LogP contribution is -2.38. The maximum Gasteiger partial charge on any atom is 0.221 e. The van der Waals surface area contributed by atoms with Crippen molar-refractivity contribution in [2.24, 2.45) is 0 Å². The zero-order chi connectivity index (χ0) is 8.69. The van der Waals surface area contributed by atoms with Crippen LogP contribution in [0.5, 0.6) is 0 Å². The molecule has 0 aliphatic carbocycles. The van der Waals surface area contributed by atoms with Crippen LogP contribution in [0.15, 0.2) is 0 Å². The van der Waals surface area contributed by atoms with Gasteiger partial charge in [-0.15, -0.1) is 0 Å². The normalized spacial score (nSPS) is 10.6. The van der Waals surface area contributed by atoms with Crippen LogP contribution in [0, 0.1) is 0 Å². The molecule has 11 heavy (non-hydrogen) atoms. The van der Waals surface area contributed by atoms with Gasteiger partial charge in [0.25, 0.3) is 0 Å². The topological polar surface area (TPSA) is 35.6 Å². The summed E-state index contributed by atoms with van der Waals surface area (Å²) in [5.74, 6) is 0. The number of carbonyl (C=O) groups is 1. The Bertz CT molecular complexity index is 108. The molecule has 0 aromatic rings. The molecule has 4 heteroatoms. The van der Waals surface area contributed by atoms with E-state index in [0.29, 0.717) is 6.41 Å². The molecule has 0 unspecified atom stereocenters. The molecule has 0 aromatic heterocycles. The van der Waals surface area contributed by atoms with Gasteiger partial charge >= 0.3 is 0 Å². The van der Waals surface area contributed by atoms with Gasteiger partial charge in [-0.25, -0.2) is 5.01 Å². The third kappa shape index (κ3) is 5.82. The quantitative estimate of drug-likeness (QED) is 0.420. The summed E-state index contributed by atoms with van der Waals surface area (Å²) in [5, 5.41) is 1.76. The molecule has 0 rings (SSSR count). The number of hydrogen-bond donors (Lipinski definition) is 1. The molecule has 0 bridgehead atoms. The van der Waals surface area contributed by atoms with Crippen molar-refractivity contribution >= 4 is 6.41 Å². The van der Waals surface area contributed by atoms with Crippen LogP contribution in [0.25, 0.3) is 0 Å². The second-order valence-corrected chi connectivity index (χ2v) is 2.56. The molecule has 0 fully saturated rings. The van der Waals surface area contributed by atoms with E-state index < -0.39 is 0 Å². The first kappa shape index (κ1) is 10.4. The van der Waals surface area contributed by atoms with Crippen molar-refractivity contribution in [3.63, 3.8) is 0 Å². The van der Waals surface area contributed by atoms with E-state index in [1.807, 2.05) is 7.05 Å². The van der Waals surface area contributed by atoms with Crippen LogP contribution in [-0.4, -0.2) is 50.0 Å². The van der Waals surface area contributed by atoms with Gasteiger partial charge < -0.3 is 4.90 Å². The van der Waals surface area contributed by atoms with Crippen LogP contribution in [0.1, 0.15) is 6.92 Å². The standard InChI is InChI=1S/C7H17N3O/c1-4-9(2)5-6-10(3)8-7-11/h7H,4-6H2,1-3H3,(H,8,11). The Hall–Kier alpha value is -0.610. The number of nitrogens with one attached hydrogen (secondary N) is 1. The lowest BCUT2D eigenvalue weighted by Gasteiger charge is -2.19. The van der Waals surface area contributed by atoms with Crippen LogP contribution < -0.4 is 5.43 Å². The number of nitrogens with zero attached hydrogens (tertiary/aromatic N) is 2. The minimum absolute atomic E-state index is 0.686. The molecule has 0 heterocycles. The van der Waals surface area contributed by atoms with Crippen molar-refractivity contribution in [3.8, 4) is 0 Å². The number of rotatable bonds is 6. The van der Waals surface area contributed by atoms with Gasteiger partial charge in [-0.1, -0.05) is 6.92 Å². The van der Waals surface area contributed by atoms with E-state index in [2.05, 4.69) is 24.3 Å². The number of amides is 1. The van der Waals surface area contributed by atoms with Gasteiger partial charge in [-0.3, -0.25) is 10.2 Å². The van der Waals surface area contributed by atoms with Crippen molar-refractivity contribution < 1.29 is 4.79 Å². The Morgan fingerprint density at radius 1 is 1.36 bits per heavy atom. The number of carbonyl (C=O) groups excluding carboxylic acids is 1. The van der Waals surface area contributed by atoms with Gasteiger partial charge in [0.05, 0.1) is 0 Å². The van der Waals surface area contributed by atoms with Crippen LogP contribution in [0.3, 0.4) is 0 Å². The highest BCUT2D eigenvalue weighted by atomic mass is 16.1. The molecule has 0 saturated carbocycles.